The number of primary amides is 1. The average molecular weight is 254 g/mol. The van der Waals surface area contributed by atoms with Crippen LogP contribution in [0.15, 0.2) is 0 Å². The molecular weight excluding hydrogens is 236 g/mol. The molecule has 0 aromatic carbocycles. The summed E-state index contributed by atoms with van der Waals surface area (Å²) in [6, 6.07) is -0.773. The largest absolute Gasteiger partial charge is 0.465 e. The predicted octanol–water partition coefficient (Wildman–Crippen LogP) is 0.598. The Balaban J connectivity index is 2.43. The van der Waals surface area contributed by atoms with Gasteiger partial charge in [-0.1, -0.05) is 6.92 Å². The fourth-order valence-electron chi connectivity index (χ4n) is 3.86. The van der Waals surface area contributed by atoms with Gasteiger partial charge in [-0.3, -0.25) is 9.69 Å². The molecule has 1 saturated carbocycles. The van der Waals surface area contributed by atoms with Crippen molar-refractivity contribution >= 4 is 18.3 Å². The van der Waals surface area contributed by atoms with Crippen molar-refractivity contribution in [2.24, 2.45) is 17.6 Å². The summed E-state index contributed by atoms with van der Waals surface area (Å²) in [6.45, 7) is 1.86. The number of hydrogen-bond donors (Lipinski definition) is 2. The quantitative estimate of drug-likeness (QED) is 0.717. The van der Waals surface area contributed by atoms with Crippen LogP contribution in [0, 0.1) is 11.8 Å². The average Bonchev–Trinajstić information content (AvgIpc) is 2.86. The van der Waals surface area contributed by atoms with E-state index in [0.717, 1.165) is 17.6 Å². The molecule has 1 aliphatic heterocycles. The highest BCUT2D eigenvalue weighted by Crippen LogP contribution is 2.54. The number of aldehydes is 1. The Labute approximate surface area is 105 Å². The number of carbonyl (C=O) groups excluding carboxylic acids is 2. The summed E-state index contributed by atoms with van der Waals surface area (Å²) in [7, 11) is 0. The minimum atomic E-state index is -1.15. The summed E-state index contributed by atoms with van der Waals surface area (Å²) >= 11 is 0. The van der Waals surface area contributed by atoms with E-state index in [1.165, 1.54) is 0 Å². The Morgan fingerprint density at radius 1 is 1.61 bits per heavy atom. The summed E-state index contributed by atoms with van der Waals surface area (Å²) in [5.41, 5.74) is 4.61. The van der Waals surface area contributed by atoms with Gasteiger partial charge in [0.2, 0.25) is 5.91 Å². The second-order valence-electron chi connectivity index (χ2n) is 5.26. The Morgan fingerprint density at radius 3 is 2.72 bits per heavy atom. The summed E-state index contributed by atoms with van der Waals surface area (Å²) in [6.07, 6.45) is 2.23. The van der Waals surface area contributed by atoms with Crippen molar-refractivity contribution in [3.63, 3.8) is 0 Å². The standard InChI is InChI=1S/C12H18N2O4/c1-2-8(6-15)12-4-3-7(5-12)9(10(13)16)14(12)11(17)18/h6-9H,2-5H2,1H3,(H2,13,16)(H,17,18). The third-order valence-electron chi connectivity index (χ3n) is 4.56. The zero-order valence-corrected chi connectivity index (χ0v) is 10.3. The fraction of sp³-hybridized carbons (Fsp3) is 0.750. The van der Waals surface area contributed by atoms with Crippen molar-refractivity contribution in [1.82, 2.24) is 4.90 Å². The third kappa shape index (κ3) is 1.51. The van der Waals surface area contributed by atoms with E-state index in [-0.39, 0.29) is 11.8 Å². The summed E-state index contributed by atoms with van der Waals surface area (Å²) < 4.78 is 0. The Hall–Kier alpha value is -1.59. The van der Waals surface area contributed by atoms with Gasteiger partial charge in [-0.15, -0.1) is 0 Å². The van der Waals surface area contributed by atoms with Gasteiger partial charge in [0.05, 0.1) is 5.54 Å². The van der Waals surface area contributed by atoms with Gasteiger partial charge in [0.25, 0.3) is 0 Å². The molecule has 1 saturated heterocycles. The van der Waals surface area contributed by atoms with Crippen molar-refractivity contribution in [3.05, 3.63) is 0 Å². The van der Waals surface area contributed by atoms with Crippen LogP contribution >= 0.6 is 0 Å². The van der Waals surface area contributed by atoms with Gasteiger partial charge < -0.3 is 15.6 Å². The van der Waals surface area contributed by atoms with E-state index in [4.69, 9.17) is 5.73 Å². The first-order valence-corrected chi connectivity index (χ1v) is 6.24. The summed E-state index contributed by atoms with van der Waals surface area (Å²) in [4.78, 5) is 35.3. The highest BCUT2D eigenvalue weighted by atomic mass is 16.4. The Kier molecular flexibility index (Phi) is 3.04. The van der Waals surface area contributed by atoms with Crippen molar-refractivity contribution in [2.45, 2.75) is 44.2 Å². The molecule has 6 nitrogen and oxygen atoms in total. The molecule has 1 heterocycles. The molecule has 3 N–H and O–H groups in total. The van der Waals surface area contributed by atoms with Gasteiger partial charge in [-0.2, -0.15) is 0 Å². The molecular formula is C12H18N2O4. The van der Waals surface area contributed by atoms with Crippen LogP contribution < -0.4 is 5.73 Å². The van der Waals surface area contributed by atoms with Gasteiger partial charge in [0.15, 0.2) is 0 Å². The molecule has 1 aliphatic carbocycles. The number of fused-ring (bicyclic) bond motifs is 2. The van der Waals surface area contributed by atoms with E-state index < -0.39 is 23.6 Å². The molecule has 0 spiro atoms. The van der Waals surface area contributed by atoms with Crippen LogP contribution in [0.2, 0.25) is 0 Å². The number of carboxylic acid groups (broad SMARTS) is 1. The highest BCUT2D eigenvalue weighted by molar-refractivity contribution is 5.86. The second-order valence-corrected chi connectivity index (χ2v) is 5.26. The highest BCUT2D eigenvalue weighted by Gasteiger charge is 2.62. The minimum Gasteiger partial charge on any atom is -0.465 e. The molecule has 2 fully saturated rings. The van der Waals surface area contributed by atoms with E-state index >= 15 is 0 Å². The lowest BCUT2D eigenvalue weighted by Crippen LogP contribution is -2.59. The van der Waals surface area contributed by atoms with Crippen molar-refractivity contribution in [2.75, 3.05) is 0 Å². The Bertz CT molecular complexity index is 398. The number of piperidine rings is 1. The van der Waals surface area contributed by atoms with Crippen molar-refractivity contribution in [3.8, 4) is 0 Å². The van der Waals surface area contributed by atoms with Crippen LogP contribution in [0.3, 0.4) is 0 Å². The lowest BCUT2D eigenvalue weighted by Gasteiger charge is -2.43. The zero-order valence-electron chi connectivity index (χ0n) is 10.3. The van der Waals surface area contributed by atoms with Gasteiger partial charge in [0.1, 0.15) is 12.3 Å². The lowest BCUT2D eigenvalue weighted by molar-refractivity contribution is -0.127. The SMILES string of the molecule is CCC(C=O)C12CCC(C1)C(C(N)=O)N2C(=O)O. The van der Waals surface area contributed by atoms with E-state index in [1.54, 1.807) is 0 Å². The van der Waals surface area contributed by atoms with Crippen LogP contribution in [0.5, 0.6) is 0 Å². The first-order valence-electron chi connectivity index (χ1n) is 6.24. The second kappa shape index (κ2) is 4.26. The van der Waals surface area contributed by atoms with Crippen molar-refractivity contribution < 1.29 is 19.5 Å². The smallest absolute Gasteiger partial charge is 0.408 e. The van der Waals surface area contributed by atoms with Crippen LogP contribution in [0.25, 0.3) is 0 Å². The predicted molar refractivity (Wildman–Crippen MR) is 62.8 cm³/mol. The van der Waals surface area contributed by atoms with Crippen LogP contribution in [0.1, 0.15) is 32.6 Å². The number of carbonyl (C=O) groups is 3. The van der Waals surface area contributed by atoms with Gasteiger partial charge in [-0.05, 0) is 31.6 Å². The number of nitrogens with two attached hydrogens (primary N) is 1. The molecule has 100 valence electrons. The maximum Gasteiger partial charge on any atom is 0.408 e. The number of hydrogen-bond acceptors (Lipinski definition) is 3. The first kappa shape index (κ1) is 12.9. The topological polar surface area (TPSA) is 101 Å². The molecule has 18 heavy (non-hydrogen) atoms. The molecule has 2 aliphatic rings. The molecule has 0 aromatic rings. The Morgan fingerprint density at radius 2 is 2.28 bits per heavy atom. The number of amides is 2. The number of rotatable bonds is 4. The van der Waals surface area contributed by atoms with Crippen LogP contribution in [0.4, 0.5) is 4.79 Å². The van der Waals surface area contributed by atoms with Gasteiger partial charge in [-0.25, -0.2) is 4.79 Å². The van der Waals surface area contributed by atoms with E-state index in [1.807, 2.05) is 6.92 Å². The van der Waals surface area contributed by atoms with Gasteiger partial charge >= 0.3 is 6.09 Å². The number of nitrogens with zero attached hydrogens (tertiary/aromatic N) is 1. The third-order valence-corrected chi connectivity index (χ3v) is 4.56. The van der Waals surface area contributed by atoms with E-state index in [9.17, 15) is 19.5 Å². The summed E-state index contributed by atoms with van der Waals surface area (Å²) in [5.74, 6) is -1.000. The molecule has 2 bridgehead atoms. The zero-order chi connectivity index (χ0) is 13.5. The molecule has 4 atom stereocenters. The monoisotopic (exact) mass is 254 g/mol. The lowest BCUT2D eigenvalue weighted by atomic mass is 9.81. The first-order chi connectivity index (χ1) is 8.47. The van der Waals surface area contributed by atoms with Crippen LogP contribution in [-0.2, 0) is 9.59 Å². The molecule has 0 aromatic heterocycles. The molecule has 2 rings (SSSR count). The maximum absolute atomic E-state index is 11.5. The van der Waals surface area contributed by atoms with Gasteiger partial charge in [0, 0.05) is 5.92 Å². The molecule has 0 radical (unpaired) electrons. The number of likely N-dealkylation sites (tertiary alicyclic amines) is 1. The molecule has 4 unspecified atom stereocenters. The van der Waals surface area contributed by atoms with Crippen LogP contribution in [-0.4, -0.2) is 39.9 Å². The molecule has 2 amide bonds. The van der Waals surface area contributed by atoms with E-state index in [2.05, 4.69) is 0 Å². The van der Waals surface area contributed by atoms with E-state index in [0.29, 0.717) is 19.3 Å². The minimum absolute atomic E-state index is 0.0346. The molecule has 6 heteroatoms. The normalized spacial score (nSPS) is 35.5. The maximum atomic E-state index is 11.5. The fourth-order valence-corrected chi connectivity index (χ4v) is 3.86. The summed E-state index contributed by atoms with van der Waals surface area (Å²) in [5, 5.41) is 9.36. The van der Waals surface area contributed by atoms with Crippen molar-refractivity contribution in [1.29, 1.82) is 0 Å².